The van der Waals surface area contributed by atoms with E-state index in [1.165, 1.54) is 29.7 Å². The van der Waals surface area contributed by atoms with Crippen molar-refractivity contribution in [2.75, 3.05) is 38.1 Å². The molecule has 1 unspecified atom stereocenters. The van der Waals surface area contributed by atoms with Crippen molar-refractivity contribution < 1.29 is 12.8 Å². The minimum atomic E-state index is -3.77. The molecule has 1 fully saturated rings. The van der Waals surface area contributed by atoms with Crippen LogP contribution in [-0.4, -0.2) is 61.1 Å². The van der Waals surface area contributed by atoms with Gasteiger partial charge in [-0.15, -0.1) is 0 Å². The number of aromatic nitrogens is 3. The van der Waals surface area contributed by atoms with Gasteiger partial charge >= 0.3 is 0 Å². The predicted molar refractivity (Wildman–Crippen MR) is 148 cm³/mol. The molecule has 2 aromatic heterocycles. The Morgan fingerprint density at radius 2 is 1.79 bits per heavy atom. The van der Waals surface area contributed by atoms with Crippen molar-refractivity contribution in [3.8, 4) is 11.3 Å². The molecule has 1 saturated heterocycles. The van der Waals surface area contributed by atoms with Crippen LogP contribution in [0.4, 0.5) is 9.52 Å². The Balaban J connectivity index is 1.32. The van der Waals surface area contributed by atoms with Crippen LogP contribution in [-0.2, 0) is 23.0 Å². The van der Waals surface area contributed by atoms with E-state index in [4.69, 9.17) is 0 Å². The predicted octanol–water partition coefficient (Wildman–Crippen LogP) is 4.18. The van der Waals surface area contributed by atoms with Gasteiger partial charge in [0.05, 0.1) is 24.4 Å². The van der Waals surface area contributed by atoms with Gasteiger partial charge in [-0.3, -0.25) is 0 Å². The Morgan fingerprint density at radius 3 is 2.55 bits per heavy atom. The maximum atomic E-state index is 13.3. The third-order valence-corrected chi connectivity index (χ3v) is 9.87. The molecule has 4 aromatic rings. The van der Waals surface area contributed by atoms with E-state index in [1.807, 2.05) is 35.8 Å². The number of halogens is 1. The Morgan fingerprint density at radius 1 is 1.05 bits per heavy atom. The summed E-state index contributed by atoms with van der Waals surface area (Å²) in [4.78, 5) is 13.1. The lowest BCUT2D eigenvalue weighted by atomic mass is 10.00. The lowest BCUT2D eigenvalue weighted by Crippen LogP contribution is -2.44. The fraction of sp³-hybridized carbons (Fsp3) is 0.333. The number of piperazine rings is 1. The summed E-state index contributed by atoms with van der Waals surface area (Å²) in [7, 11) is -1.69. The van der Waals surface area contributed by atoms with Gasteiger partial charge in [-0.1, -0.05) is 47.7 Å². The number of hydrogen-bond donors (Lipinski definition) is 1. The Labute approximate surface area is 226 Å². The topological polar surface area (TPSA) is 83.4 Å². The second kappa shape index (κ2) is 11.3. The normalized spacial score (nSPS) is 15.6. The van der Waals surface area contributed by atoms with Crippen LogP contribution in [0.1, 0.15) is 24.1 Å². The van der Waals surface area contributed by atoms with Gasteiger partial charge in [0.1, 0.15) is 5.82 Å². The lowest BCUT2D eigenvalue weighted by Gasteiger charge is -2.32. The molecule has 8 nitrogen and oxygen atoms in total. The van der Waals surface area contributed by atoms with Crippen LogP contribution >= 0.6 is 11.3 Å². The molecule has 3 heterocycles. The Kier molecular flexibility index (Phi) is 7.89. The molecule has 0 saturated carbocycles. The van der Waals surface area contributed by atoms with Gasteiger partial charge in [-0.05, 0) is 43.7 Å². The summed E-state index contributed by atoms with van der Waals surface area (Å²) >= 11 is 1.20. The molecule has 5 rings (SSSR count). The minimum Gasteiger partial charge on any atom is -0.345 e. The van der Waals surface area contributed by atoms with Crippen LogP contribution in [0, 0.1) is 5.82 Å². The number of rotatable bonds is 9. The molecule has 11 heteroatoms. The van der Waals surface area contributed by atoms with E-state index in [0.29, 0.717) is 6.54 Å². The lowest BCUT2D eigenvalue weighted by molar-refractivity contribution is 0.313. The number of thiazole rings is 1. The highest BCUT2D eigenvalue weighted by Crippen LogP contribution is 2.31. The van der Waals surface area contributed by atoms with Crippen LogP contribution in [0.2, 0.25) is 0 Å². The fourth-order valence-electron chi connectivity index (χ4n) is 4.60. The molecule has 2 aromatic carbocycles. The largest absolute Gasteiger partial charge is 0.345 e. The number of likely N-dealkylation sites (N-methyl/N-ethyl adjacent to an activating group) is 1. The van der Waals surface area contributed by atoms with E-state index in [2.05, 4.69) is 31.5 Å². The number of imidazole rings is 1. The number of sulfonamides is 1. The van der Waals surface area contributed by atoms with Crippen LogP contribution < -0.4 is 9.62 Å². The van der Waals surface area contributed by atoms with Crippen molar-refractivity contribution >= 4 is 26.5 Å². The monoisotopic (exact) mass is 554 g/mol. The zero-order valence-electron chi connectivity index (χ0n) is 21.4. The zero-order chi connectivity index (χ0) is 26.7. The molecule has 1 aliphatic heterocycles. The number of aryl methyl sites for hydroxylation is 2. The molecule has 38 heavy (non-hydrogen) atoms. The van der Waals surface area contributed by atoms with Gasteiger partial charge in [0, 0.05) is 44.3 Å². The van der Waals surface area contributed by atoms with Crippen LogP contribution in [0.5, 0.6) is 0 Å². The molecule has 200 valence electrons. The van der Waals surface area contributed by atoms with Crippen molar-refractivity contribution in [1.82, 2.24) is 24.2 Å². The molecule has 0 spiro atoms. The molecule has 0 amide bonds. The van der Waals surface area contributed by atoms with Crippen molar-refractivity contribution in [1.29, 1.82) is 0 Å². The second-order valence-electron chi connectivity index (χ2n) is 9.53. The first-order valence-corrected chi connectivity index (χ1v) is 14.9. The summed E-state index contributed by atoms with van der Waals surface area (Å²) in [6, 6.07) is 13.8. The summed E-state index contributed by atoms with van der Waals surface area (Å²) in [5.41, 5.74) is 3.68. The number of nitrogens with one attached hydrogen (secondary N) is 1. The smallest absolute Gasteiger partial charge is 0.252 e. The number of benzene rings is 2. The molecule has 1 atom stereocenters. The summed E-state index contributed by atoms with van der Waals surface area (Å²) < 4.78 is 45.0. The molecule has 0 bridgehead atoms. The third-order valence-electron chi connectivity index (χ3n) is 6.81. The van der Waals surface area contributed by atoms with Gasteiger partial charge in [0.15, 0.2) is 9.34 Å². The Bertz CT molecular complexity index is 1480. The van der Waals surface area contributed by atoms with Crippen molar-refractivity contribution in [3.05, 3.63) is 84.2 Å². The summed E-state index contributed by atoms with van der Waals surface area (Å²) in [6.07, 6.45) is 5.72. The highest BCUT2D eigenvalue weighted by Gasteiger charge is 2.25. The molecular weight excluding hydrogens is 523 g/mol. The quantitative estimate of drug-likeness (QED) is 0.334. The van der Waals surface area contributed by atoms with E-state index >= 15 is 0 Å². The highest BCUT2D eigenvalue weighted by molar-refractivity contribution is 7.91. The van der Waals surface area contributed by atoms with E-state index in [9.17, 15) is 12.8 Å². The zero-order valence-corrected chi connectivity index (χ0v) is 23.1. The van der Waals surface area contributed by atoms with E-state index in [-0.39, 0.29) is 10.0 Å². The number of nitrogens with zero attached hydrogens (tertiary/aromatic N) is 5. The fourth-order valence-corrected chi connectivity index (χ4v) is 7.01. The summed E-state index contributed by atoms with van der Waals surface area (Å²) in [6.45, 7) is 6.01. The first-order valence-electron chi connectivity index (χ1n) is 12.6. The van der Waals surface area contributed by atoms with Crippen LogP contribution in [0.3, 0.4) is 0 Å². The Hall–Kier alpha value is -3.12. The van der Waals surface area contributed by atoms with Crippen molar-refractivity contribution in [2.45, 2.75) is 30.1 Å². The van der Waals surface area contributed by atoms with Gasteiger partial charge in [0.25, 0.3) is 10.0 Å². The van der Waals surface area contributed by atoms with E-state index in [0.717, 1.165) is 60.1 Å². The van der Waals surface area contributed by atoms with Crippen molar-refractivity contribution in [2.24, 2.45) is 0 Å². The van der Waals surface area contributed by atoms with Gasteiger partial charge in [-0.2, -0.15) is 0 Å². The first kappa shape index (κ1) is 26.5. The highest BCUT2D eigenvalue weighted by atomic mass is 32.2. The number of anilines is 1. The van der Waals surface area contributed by atoms with Crippen LogP contribution in [0.25, 0.3) is 11.3 Å². The molecule has 1 N–H and O–H groups in total. The summed E-state index contributed by atoms with van der Waals surface area (Å²) in [5, 5.41) is 0.733. The maximum Gasteiger partial charge on any atom is 0.252 e. The molecule has 0 aliphatic carbocycles. The van der Waals surface area contributed by atoms with Gasteiger partial charge in [-0.25, -0.2) is 27.5 Å². The first-order chi connectivity index (χ1) is 18.3. The van der Waals surface area contributed by atoms with Gasteiger partial charge in [0.2, 0.25) is 0 Å². The SMILES string of the molecule is CC(NS(=O)(=O)c1cnc(N2CCN(C)CC2)s1)c1ccccc1-c1cncn1CCc1ccc(F)cc1. The molecule has 1 aliphatic rings. The van der Waals surface area contributed by atoms with Gasteiger partial charge < -0.3 is 14.4 Å². The third kappa shape index (κ3) is 5.96. The average Bonchev–Trinajstić information content (AvgIpc) is 3.59. The van der Waals surface area contributed by atoms with E-state index in [1.54, 1.807) is 24.7 Å². The summed E-state index contributed by atoms with van der Waals surface area (Å²) in [5.74, 6) is -0.253. The maximum absolute atomic E-state index is 13.3. The van der Waals surface area contributed by atoms with E-state index < -0.39 is 16.1 Å². The van der Waals surface area contributed by atoms with Crippen LogP contribution in [0.15, 0.2) is 71.5 Å². The number of hydrogen-bond acceptors (Lipinski definition) is 7. The second-order valence-corrected chi connectivity index (χ2v) is 12.5. The molecule has 0 radical (unpaired) electrons. The minimum absolute atomic E-state index is 0.208. The molecular formula is C27H31FN6O2S2. The van der Waals surface area contributed by atoms with Crippen molar-refractivity contribution in [3.63, 3.8) is 0 Å². The standard InChI is InChI=1S/C27H31FN6O2S2/c1-20(31-38(35,36)26-18-30-27(37-26)33-15-13-32(2)14-16-33)23-5-3-4-6-24(23)25-17-29-19-34(25)12-11-21-7-9-22(28)10-8-21/h3-10,17-20,31H,11-16H2,1-2H3. The average molecular weight is 555 g/mol.